The van der Waals surface area contributed by atoms with E-state index in [1.54, 1.807) is 19.3 Å². The predicted octanol–water partition coefficient (Wildman–Crippen LogP) is 2.29. The average Bonchev–Trinajstić information content (AvgIpc) is 3.03. The zero-order chi connectivity index (χ0) is 17.6. The quantitative estimate of drug-likeness (QED) is 0.844. The highest BCUT2D eigenvalue weighted by Crippen LogP contribution is 2.22. The fourth-order valence-corrected chi connectivity index (χ4v) is 3.85. The minimum absolute atomic E-state index is 0.0198. The van der Waals surface area contributed by atoms with Gasteiger partial charge in [0.15, 0.2) is 0 Å². The number of likely N-dealkylation sites (tertiary alicyclic amines) is 2. The number of hydrogen-bond donors (Lipinski definition) is 0. The van der Waals surface area contributed by atoms with Crippen molar-refractivity contribution in [3.63, 3.8) is 0 Å². The van der Waals surface area contributed by atoms with Gasteiger partial charge in [-0.25, -0.2) is 4.98 Å². The van der Waals surface area contributed by atoms with Gasteiger partial charge >= 0.3 is 0 Å². The third-order valence-corrected chi connectivity index (χ3v) is 5.33. The summed E-state index contributed by atoms with van der Waals surface area (Å²) in [5.41, 5.74) is 1.29. The van der Waals surface area contributed by atoms with E-state index in [-0.39, 0.29) is 11.8 Å². The first-order valence-electron chi connectivity index (χ1n) is 9.50. The lowest BCUT2D eigenvalue weighted by Gasteiger charge is -2.25. The first-order valence-corrected chi connectivity index (χ1v) is 9.50. The Bertz CT molecular complexity index is 611. The van der Waals surface area contributed by atoms with Crippen molar-refractivity contribution in [3.05, 3.63) is 23.8 Å². The van der Waals surface area contributed by atoms with Crippen molar-refractivity contribution in [3.8, 4) is 0 Å². The Hall–Kier alpha value is -1.98. The molecule has 1 aromatic rings. The minimum Gasteiger partial charge on any atom is -0.343 e. The maximum atomic E-state index is 13.0. The SMILES string of the molecule is CC(=O)N1CC[C@@H](Cc2nccnc2C(=O)N2CCCCCCC2)C1. The summed E-state index contributed by atoms with van der Waals surface area (Å²) in [4.78, 5) is 37.2. The molecule has 1 aromatic heterocycles. The molecule has 0 bridgehead atoms. The number of aromatic nitrogens is 2. The van der Waals surface area contributed by atoms with E-state index in [2.05, 4.69) is 9.97 Å². The summed E-state index contributed by atoms with van der Waals surface area (Å²) in [5, 5.41) is 0. The van der Waals surface area contributed by atoms with E-state index in [4.69, 9.17) is 0 Å². The van der Waals surface area contributed by atoms with Gasteiger partial charge in [0.2, 0.25) is 5.91 Å². The zero-order valence-corrected chi connectivity index (χ0v) is 15.1. The summed E-state index contributed by atoms with van der Waals surface area (Å²) >= 11 is 0. The van der Waals surface area contributed by atoms with Crippen LogP contribution in [0.1, 0.15) is 61.6 Å². The molecule has 3 heterocycles. The molecule has 2 fully saturated rings. The first-order chi connectivity index (χ1) is 12.1. The third kappa shape index (κ3) is 4.55. The molecule has 0 N–H and O–H groups in total. The molecule has 136 valence electrons. The normalized spacial score (nSPS) is 21.7. The number of rotatable bonds is 3. The van der Waals surface area contributed by atoms with Gasteiger partial charge in [0.05, 0.1) is 5.69 Å². The predicted molar refractivity (Wildman–Crippen MR) is 95.1 cm³/mol. The molecule has 2 saturated heterocycles. The molecule has 2 amide bonds. The lowest BCUT2D eigenvalue weighted by atomic mass is 10.0. The topological polar surface area (TPSA) is 66.4 Å². The number of carbonyl (C=O) groups excluding carboxylic acids is 2. The van der Waals surface area contributed by atoms with Crippen molar-refractivity contribution < 1.29 is 9.59 Å². The van der Waals surface area contributed by atoms with Crippen LogP contribution >= 0.6 is 0 Å². The van der Waals surface area contributed by atoms with Crippen LogP contribution in [0.2, 0.25) is 0 Å². The second-order valence-corrected chi connectivity index (χ2v) is 7.24. The summed E-state index contributed by atoms with van der Waals surface area (Å²) in [6.45, 7) is 4.80. The van der Waals surface area contributed by atoms with Crippen LogP contribution in [0.25, 0.3) is 0 Å². The van der Waals surface area contributed by atoms with Gasteiger partial charge in [-0.15, -0.1) is 0 Å². The number of carbonyl (C=O) groups is 2. The van der Waals surface area contributed by atoms with Gasteiger partial charge in [-0.1, -0.05) is 19.3 Å². The Balaban J connectivity index is 1.69. The summed E-state index contributed by atoms with van der Waals surface area (Å²) in [6.07, 6.45) is 10.7. The second-order valence-electron chi connectivity index (χ2n) is 7.24. The molecule has 0 unspecified atom stereocenters. The Labute approximate surface area is 149 Å². The van der Waals surface area contributed by atoms with Crippen molar-refractivity contribution in [1.29, 1.82) is 0 Å². The van der Waals surface area contributed by atoms with Crippen LogP contribution in [0.15, 0.2) is 12.4 Å². The monoisotopic (exact) mass is 344 g/mol. The number of hydrogen-bond acceptors (Lipinski definition) is 4. The summed E-state index contributed by atoms with van der Waals surface area (Å²) in [7, 11) is 0. The van der Waals surface area contributed by atoms with Crippen LogP contribution in [-0.4, -0.2) is 57.8 Å². The summed E-state index contributed by atoms with van der Waals surface area (Å²) in [6, 6.07) is 0. The van der Waals surface area contributed by atoms with E-state index in [9.17, 15) is 9.59 Å². The summed E-state index contributed by atoms with van der Waals surface area (Å²) in [5.74, 6) is 0.504. The van der Waals surface area contributed by atoms with Gasteiger partial charge in [0.25, 0.3) is 5.91 Å². The van der Waals surface area contributed by atoms with Crippen molar-refractivity contribution in [1.82, 2.24) is 19.8 Å². The van der Waals surface area contributed by atoms with E-state index in [0.29, 0.717) is 18.0 Å². The van der Waals surface area contributed by atoms with Crippen molar-refractivity contribution >= 4 is 11.8 Å². The van der Waals surface area contributed by atoms with Crippen LogP contribution in [0, 0.1) is 5.92 Å². The zero-order valence-electron chi connectivity index (χ0n) is 15.1. The molecule has 3 rings (SSSR count). The van der Waals surface area contributed by atoms with Crippen LogP contribution in [0.4, 0.5) is 0 Å². The van der Waals surface area contributed by atoms with E-state index in [1.807, 2.05) is 9.80 Å². The van der Waals surface area contributed by atoms with Crippen molar-refractivity contribution in [2.45, 2.75) is 51.9 Å². The molecule has 25 heavy (non-hydrogen) atoms. The van der Waals surface area contributed by atoms with Gasteiger partial charge in [-0.05, 0) is 31.6 Å². The first kappa shape index (κ1) is 17.8. The highest BCUT2D eigenvalue weighted by atomic mass is 16.2. The van der Waals surface area contributed by atoms with E-state index in [1.165, 1.54) is 19.3 Å². The smallest absolute Gasteiger partial charge is 0.274 e. The molecule has 6 heteroatoms. The Morgan fingerprint density at radius 1 is 1.00 bits per heavy atom. The summed E-state index contributed by atoms with van der Waals surface area (Å²) < 4.78 is 0. The lowest BCUT2D eigenvalue weighted by Crippen LogP contribution is -2.35. The highest BCUT2D eigenvalue weighted by Gasteiger charge is 2.28. The van der Waals surface area contributed by atoms with Crippen LogP contribution in [0.3, 0.4) is 0 Å². The maximum Gasteiger partial charge on any atom is 0.274 e. The Morgan fingerprint density at radius 3 is 2.36 bits per heavy atom. The van der Waals surface area contributed by atoms with E-state index in [0.717, 1.165) is 51.1 Å². The average molecular weight is 344 g/mol. The largest absolute Gasteiger partial charge is 0.343 e. The molecule has 0 aromatic carbocycles. The van der Waals surface area contributed by atoms with Gasteiger partial charge in [-0.2, -0.15) is 0 Å². The molecule has 2 aliphatic heterocycles. The van der Waals surface area contributed by atoms with E-state index >= 15 is 0 Å². The molecule has 0 spiro atoms. The van der Waals surface area contributed by atoms with Gasteiger partial charge < -0.3 is 9.80 Å². The molecular formula is C19H28N4O2. The molecule has 0 saturated carbocycles. The third-order valence-electron chi connectivity index (χ3n) is 5.33. The Morgan fingerprint density at radius 2 is 1.68 bits per heavy atom. The van der Waals surface area contributed by atoms with Gasteiger partial charge in [-0.3, -0.25) is 14.6 Å². The fraction of sp³-hybridized carbons (Fsp3) is 0.684. The molecular weight excluding hydrogens is 316 g/mol. The minimum atomic E-state index is 0.0198. The molecule has 0 aliphatic carbocycles. The fourth-order valence-electron chi connectivity index (χ4n) is 3.85. The highest BCUT2D eigenvalue weighted by molar-refractivity contribution is 5.93. The Kier molecular flexibility index (Phi) is 6.00. The molecule has 6 nitrogen and oxygen atoms in total. The van der Waals surface area contributed by atoms with Gasteiger partial charge in [0.1, 0.15) is 5.69 Å². The number of nitrogens with zero attached hydrogens (tertiary/aromatic N) is 4. The molecule has 2 aliphatic rings. The second kappa shape index (κ2) is 8.41. The molecule has 1 atom stereocenters. The van der Waals surface area contributed by atoms with E-state index < -0.39 is 0 Å². The molecule has 0 radical (unpaired) electrons. The van der Waals surface area contributed by atoms with Crippen LogP contribution in [0.5, 0.6) is 0 Å². The van der Waals surface area contributed by atoms with Gasteiger partial charge in [0, 0.05) is 45.5 Å². The number of amides is 2. The van der Waals surface area contributed by atoms with Crippen molar-refractivity contribution in [2.24, 2.45) is 5.92 Å². The lowest BCUT2D eigenvalue weighted by molar-refractivity contribution is -0.127. The van der Waals surface area contributed by atoms with Crippen LogP contribution < -0.4 is 0 Å². The van der Waals surface area contributed by atoms with Crippen LogP contribution in [-0.2, 0) is 11.2 Å². The standard InChI is InChI=1S/C19H28N4O2/c1-15(24)23-12-7-16(14-23)13-17-18(21-9-8-20-17)19(25)22-10-5-3-2-4-6-11-22/h8-9,16H,2-7,10-14H2,1H3/t16-/m0/s1. The maximum absolute atomic E-state index is 13.0. The van der Waals surface area contributed by atoms with Crippen molar-refractivity contribution in [2.75, 3.05) is 26.2 Å².